The maximum absolute atomic E-state index is 13.3. The Bertz CT molecular complexity index is 1430. The zero-order valence-electron chi connectivity index (χ0n) is 22.8. The molecule has 0 saturated carbocycles. The summed E-state index contributed by atoms with van der Waals surface area (Å²) in [5.74, 6) is -1.04. The molecule has 1 atom stereocenters. The van der Waals surface area contributed by atoms with Crippen LogP contribution in [0.15, 0.2) is 78.0 Å². The van der Waals surface area contributed by atoms with Crippen LogP contribution in [0.2, 0.25) is 10.0 Å². The molecule has 4 rings (SSSR count). The lowest BCUT2D eigenvalue weighted by Gasteiger charge is -2.34. The van der Waals surface area contributed by atoms with E-state index >= 15 is 0 Å². The van der Waals surface area contributed by atoms with Gasteiger partial charge in [0.1, 0.15) is 0 Å². The Kier molecular flexibility index (Phi) is 9.67. The molecule has 0 radical (unpaired) electrons. The molecule has 1 unspecified atom stereocenters. The molecule has 1 heterocycles. The largest absolute Gasteiger partial charge is 0.463 e. The summed E-state index contributed by atoms with van der Waals surface area (Å²) in [5.41, 5.74) is 5.36. The van der Waals surface area contributed by atoms with Gasteiger partial charge in [-0.1, -0.05) is 71.2 Å². The van der Waals surface area contributed by atoms with Gasteiger partial charge in [0.05, 0.1) is 18.7 Å². The number of carbonyl (C=O) groups is 3. The Morgan fingerprint density at radius 3 is 2.35 bits per heavy atom. The Morgan fingerprint density at radius 1 is 1.00 bits per heavy atom. The zero-order valence-corrected chi connectivity index (χ0v) is 24.3. The van der Waals surface area contributed by atoms with Crippen LogP contribution in [0.25, 0.3) is 0 Å². The highest BCUT2D eigenvalue weighted by molar-refractivity contribution is 6.35. The van der Waals surface area contributed by atoms with E-state index in [1.165, 1.54) is 0 Å². The number of nitrogens with zero attached hydrogens (tertiary/aromatic N) is 1. The van der Waals surface area contributed by atoms with E-state index in [0.717, 1.165) is 22.3 Å². The zero-order chi connectivity index (χ0) is 28.8. The van der Waals surface area contributed by atoms with E-state index in [4.69, 9.17) is 27.9 Å². The first-order valence-corrected chi connectivity index (χ1v) is 14.0. The molecule has 2 amide bonds. The number of benzene rings is 3. The van der Waals surface area contributed by atoms with Crippen molar-refractivity contribution in [1.29, 1.82) is 0 Å². The van der Waals surface area contributed by atoms with E-state index in [9.17, 15) is 14.4 Å². The van der Waals surface area contributed by atoms with Crippen LogP contribution in [-0.4, -0.2) is 35.8 Å². The minimum atomic E-state index is -0.407. The van der Waals surface area contributed by atoms with Gasteiger partial charge >= 0.3 is 5.97 Å². The maximum atomic E-state index is 13.3. The van der Waals surface area contributed by atoms with Crippen LogP contribution < -0.4 is 5.32 Å². The van der Waals surface area contributed by atoms with Crippen molar-refractivity contribution in [1.82, 2.24) is 10.2 Å². The second-order valence-corrected chi connectivity index (χ2v) is 10.6. The average molecular weight is 580 g/mol. The number of ether oxygens (including phenoxy) is 1. The van der Waals surface area contributed by atoms with Gasteiger partial charge < -0.3 is 15.0 Å². The molecule has 0 fully saturated rings. The van der Waals surface area contributed by atoms with Crippen molar-refractivity contribution in [3.05, 3.63) is 116 Å². The number of hydrogen-bond acceptors (Lipinski definition) is 4. The number of carbonyl (C=O) groups excluding carboxylic acids is 3. The van der Waals surface area contributed by atoms with Crippen molar-refractivity contribution in [2.75, 3.05) is 13.2 Å². The highest BCUT2D eigenvalue weighted by atomic mass is 35.5. The van der Waals surface area contributed by atoms with Crippen LogP contribution >= 0.6 is 23.2 Å². The van der Waals surface area contributed by atoms with Gasteiger partial charge in [-0.2, -0.15) is 0 Å². The molecule has 1 aliphatic rings. The lowest BCUT2D eigenvalue weighted by molar-refractivity contribution is -0.140. The molecule has 0 aromatic heterocycles. The van der Waals surface area contributed by atoms with Gasteiger partial charge in [-0.15, -0.1) is 0 Å². The fourth-order valence-corrected chi connectivity index (χ4v) is 5.34. The van der Waals surface area contributed by atoms with Gasteiger partial charge in [0, 0.05) is 40.2 Å². The second kappa shape index (κ2) is 13.2. The van der Waals surface area contributed by atoms with Crippen LogP contribution in [0.4, 0.5) is 0 Å². The first-order valence-electron chi connectivity index (χ1n) is 13.2. The van der Waals surface area contributed by atoms with Gasteiger partial charge in [-0.3, -0.25) is 9.59 Å². The third-order valence-electron chi connectivity index (χ3n) is 7.05. The SMILES string of the molecule is CCOC(=O)C1=C(C)N(Cc2ccc(C(=O)NCCc3ccc(Cl)cc3Cl)cc2)C(=O)CC1c1ccc(C)cc1. The number of rotatable bonds is 9. The predicted molar refractivity (Wildman–Crippen MR) is 157 cm³/mol. The minimum absolute atomic E-state index is 0.0706. The molecule has 8 heteroatoms. The molecule has 0 spiro atoms. The summed E-state index contributed by atoms with van der Waals surface area (Å²) >= 11 is 12.2. The van der Waals surface area contributed by atoms with Crippen molar-refractivity contribution < 1.29 is 19.1 Å². The van der Waals surface area contributed by atoms with Crippen LogP contribution in [0, 0.1) is 6.92 Å². The summed E-state index contributed by atoms with van der Waals surface area (Å²) < 4.78 is 5.38. The Morgan fingerprint density at radius 2 is 1.70 bits per heavy atom. The number of esters is 1. The highest BCUT2D eigenvalue weighted by Gasteiger charge is 2.36. The number of amides is 2. The fourth-order valence-electron chi connectivity index (χ4n) is 4.84. The molecule has 1 aliphatic heterocycles. The molecule has 0 aliphatic carbocycles. The Balaban J connectivity index is 1.46. The lowest BCUT2D eigenvalue weighted by atomic mass is 9.83. The van der Waals surface area contributed by atoms with E-state index < -0.39 is 5.97 Å². The third kappa shape index (κ3) is 6.93. The van der Waals surface area contributed by atoms with Crippen molar-refractivity contribution in [3.63, 3.8) is 0 Å². The van der Waals surface area contributed by atoms with Crippen LogP contribution in [0.5, 0.6) is 0 Å². The van der Waals surface area contributed by atoms with E-state index in [2.05, 4.69) is 5.32 Å². The molecule has 6 nitrogen and oxygen atoms in total. The number of hydrogen-bond donors (Lipinski definition) is 1. The van der Waals surface area contributed by atoms with E-state index in [0.29, 0.717) is 39.8 Å². The Labute approximate surface area is 244 Å². The van der Waals surface area contributed by atoms with Gasteiger partial charge in [-0.05, 0) is 68.1 Å². The van der Waals surface area contributed by atoms with Gasteiger partial charge in [0.15, 0.2) is 0 Å². The maximum Gasteiger partial charge on any atom is 0.336 e. The monoisotopic (exact) mass is 578 g/mol. The molecule has 0 bridgehead atoms. The van der Waals surface area contributed by atoms with E-state index in [1.54, 1.807) is 43.0 Å². The van der Waals surface area contributed by atoms with Gasteiger partial charge in [0.2, 0.25) is 5.91 Å². The normalized spacial score (nSPS) is 15.3. The van der Waals surface area contributed by atoms with Crippen molar-refractivity contribution in [2.24, 2.45) is 0 Å². The minimum Gasteiger partial charge on any atom is -0.463 e. The summed E-state index contributed by atoms with van der Waals surface area (Å²) in [6, 6.07) is 20.3. The number of aryl methyl sites for hydroxylation is 1. The molecule has 3 aromatic rings. The van der Waals surface area contributed by atoms with Crippen molar-refractivity contribution in [2.45, 2.75) is 46.1 Å². The molecule has 0 saturated heterocycles. The average Bonchev–Trinajstić information content (AvgIpc) is 2.92. The molecular weight excluding hydrogens is 547 g/mol. The van der Waals surface area contributed by atoms with E-state index in [-0.39, 0.29) is 37.3 Å². The van der Waals surface area contributed by atoms with Gasteiger partial charge in [-0.25, -0.2) is 4.79 Å². The fraction of sp³-hybridized carbons (Fsp3) is 0.281. The first-order chi connectivity index (χ1) is 19.2. The summed E-state index contributed by atoms with van der Waals surface area (Å²) in [4.78, 5) is 40.6. The lowest BCUT2D eigenvalue weighted by Crippen LogP contribution is -2.38. The smallest absolute Gasteiger partial charge is 0.336 e. The summed E-state index contributed by atoms with van der Waals surface area (Å²) in [6.07, 6.45) is 0.752. The van der Waals surface area contributed by atoms with Crippen LogP contribution in [0.1, 0.15) is 58.8 Å². The summed E-state index contributed by atoms with van der Waals surface area (Å²) in [7, 11) is 0. The first kappa shape index (κ1) is 29.4. The Hall–Kier alpha value is -3.61. The predicted octanol–water partition coefficient (Wildman–Crippen LogP) is 6.63. The quantitative estimate of drug-likeness (QED) is 0.289. The van der Waals surface area contributed by atoms with Crippen molar-refractivity contribution in [3.8, 4) is 0 Å². The molecule has 208 valence electrons. The number of allylic oxidation sites excluding steroid dienone is 1. The third-order valence-corrected chi connectivity index (χ3v) is 7.64. The number of halogens is 2. The van der Waals surface area contributed by atoms with Crippen LogP contribution in [-0.2, 0) is 27.3 Å². The highest BCUT2D eigenvalue weighted by Crippen LogP contribution is 2.37. The van der Waals surface area contributed by atoms with E-state index in [1.807, 2.05) is 49.4 Å². The number of nitrogens with one attached hydrogen (secondary N) is 1. The van der Waals surface area contributed by atoms with Gasteiger partial charge in [0.25, 0.3) is 5.91 Å². The van der Waals surface area contributed by atoms with Crippen molar-refractivity contribution >= 4 is 41.0 Å². The molecule has 40 heavy (non-hydrogen) atoms. The van der Waals surface area contributed by atoms with Crippen LogP contribution in [0.3, 0.4) is 0 Å². The topological polar surface area (TPSA) is 75.7 Å². The second-order valence-electron chi connectivity index (χ2n) is 9.81. The standard InChI is InChI=1S/C32H32Cl2N2O4/c1-4-40-32(39)30-21(3)36(29(37)18-27(30)23-9-5-20(2)6-10-23)19-22-7-11-25(12-8-22)31(38)35-16-15-24-13-14-26(33)17-28(24)34/h5-14,17,27H,4,15-16,18-19H2,1-3H3,(H,35,38). The molecular formula is C32H32Cl2N2O4. The summed E-state index contributed by atoms with van der Waals surface area (Å²) in [6.45, 7) is 6.51. The summed E-state index contributed by atoms with van der Waals surface area (Å²) in [5, 5.41) is 4.04. The molecule has 1 N–H and O–H groups in total. The molecule has 3 aromatic carbocycles.